The second-order valence-corrected chi connectivity index (χ2v) is 6.24. The van der Waals surface area contributed by atoms with Gasteiger partial charge in [-0.3, -0.25) is 9.48 Å². The fourth-order valence-electron chi connectivity index (χ4n) is 2.29. The summed E-state index contributed by atoms with van der Waals surface area (Å²) in [5.41, 5.74) is 3.28. The summed E-state index contributed by atoms with van der Waals surface area (Å²) >= 11 is 1.48. The molecule has 4 nitrogen and oxygen atoms in total. The monoisotopic (exact) mass is 299 g/mol. The molecule has 2 aromatic heterocycles. The molecule has 0 spiro atoms. The molecule has 3 rings (SSSR count). The summed E-state index contributed by atoms with van der Waals surface area (Å²) in [4.78, 5) is 14.0. The quantitative estimate of drug-likeness (QED) is 0.807. The molecular formula is C16H17N3OS. The highest BCUT2D eigenvalue weighted by Gasteiger charge is 2.14. The molecule has 0 atom stereocenters. The van der Waals surface area contributed by atoms with Crippen LogP contribution in [0, 0.1) is 13.8 Å². The number of fused-ring (bicyclic) bond motifs is 1. The number of nitrogens with zero attached hydrogens (tertiary/aromatic N) is 2. The van der Waals surface area contributed by atoms with Crippen molar-refractivity contribution in [2.24, 2.45) is 7.05 Å². The van der Waals surface area contributed by atoms with Gasteiger partial charge in [0.15, 0.2) is 0 Å². The van der Waals surface area contributed by atoms with E-state index in [0.29, 0.717) is 6.54 Å². The number of hydrogen-bond donors (Lipinski definition) is 1. The number of nitrogens with one attached hydrogen (secondary N) is 1. The molecule has 0 saturated carbocycles. The van der Waals surface area contributed by atoms with E-state index in [4.69, 9.17) is 0 Å². The Morgan fingerprint density at radius 1 is 1.29 bits per heavy atom. The van der Waals surface area contributed by atoms with Crippen molar-refractivity contribution in [2.45, 2.75) is 20.4 Å². The maximum absolute atomic E-state index is 12.2. The number of hydrogen-bond acceptors (Lipinski definition) is 3. The van der Waals surface area contributed by atoms with Crippen LogP contribution >= 0.6 is 11.3 Å². The highest BCUT2D eigenvalue weighted by molar-refractivity contribution is 7.20. The fourth-order valence-corrected chi connectivity index (χ4v) is 3.33. The van der Waals surface area contributed by atoms with Crippen LogP contribution in [0.4, 0.5) is 0 Å². The van der Waals surface area contributed by atoms with Crippen LogP contribution in [0.2, 0.25) is 0 Å². The fraction of sp³-hybridized carbons (Fsp3) is 0.250. The van der Waals surface area contributed by atoms with Crippen molar-refractivity contribution in [2.75, 3.05) is 0 Å². The van der Waals surface area contributed by atoms with Crippen molar-refractivity contribution in [3.8, 4) is 0 Å². The summed E-state index contributed by atoms with van der Waals surface area (Å²) in [6.45, 7) is 4.56. The van der Waals surface area contributed by atoms with Gasteiger partial charge in [-0.25, -0.2) is 0 Å². The average Bonchev–Trinajstić information content (AvgIpc) is 3.01. The van der Waals surface area contributed by atoms with Gasteiger partial charge in [0.2, 0.25) is 0 Å². The van der Waals surface area contributed by atoms with E-state index in [1.807, 2.05) is 36.9 Å². The molecule has 0 aliphatic rings. The zero-order valence-electron chi connectivity index (χ0n) is 12.3. The molecule has 1 aromatic carbocycles. The van der Waals surface area contributed by atoms with Crippen LogP contribution in [-0.4, -0.2) is 15.7 Å². The standard InChI is InChI=1S/C16H17N3OS/c1-10-4-6-12(7-5-10)9-17-15(20)14-8-13-11(2)18-19(3)16(13)21-14/h4-8H,9H2,1-3H3,(H,17,20). The normalized spacial score (nSPS) is 11.0. The van der Waals surface area contributed by atoms with Crippen LogP contribution < -0.4 is 5.32 Å². The van der Waals surface area contributed by atoms with Gasteiger partial charge in [0, 0.05) is 19.0 Å². The number of carbonyl (C=O) groups excluding carboxylic acids is 1. The van der Waals surface area contributed by atoms with Gasteiger partial charge in [-0.2, -0.15) is 5.10 Å². The number of benzene rings is 1. The second kappa shape index (κ2) is 5.33. The minimum Gasteiger partial charge on any atom is -0.347 e. The molecule has 0 aliphatic heterocycles. The lowest BCUT2D eigenvalue weighted by molar-refractivity contribution is 0.0955. The van der Waals surface area contributed by atoms with Gasteiger partial charge >= 0.3 is 0 Å². The van der Waals surface area contributed by atoms with Crippen molar-refractivity contribution in [1.29, 1.82) is 0 Å². The summed E-state index contributed by atoms with van der Waals surface area (Å²) in [5, 5.41) is 8.37. The third kappa shape index (κ3) is 2.69. The van der Waals surface area contributed by atoms with Crippen molar-refractivity contribution in [1.82, 2.24) is 15.1 Å². The maximum atomic E-state index is 12.2. The van der Waals surface area contributed by atoms with Gasteiger partial charge in [-0.05, 0) is 25.5 Å². The minimum absolute atomic E-state index is 0.0313. The van der Waals surface area contributed by atoms with E-state index < -0.39 is 0 Å². The van der Waals surface area contributed by atoms with Crippen LogP contribution in [0.15, 0.2) is 30.3 Å². The van der Waals surface area contributed by atoms with Crippen LogP contribution in [0.5, 0.6) is 0 Å². The van der Waals surface area contributed by atoms with Gasteiger partial charge < -0.3 is 5.32 Å². The van der Waals surface area contributed by atoms with Gasteiger partial charge in [0.25, 0.3) is 5.91 Å². The largest absolute Gasteiger partial charge is 0.347 e. The summed E-state index contributed by atoms with van der Waals surface area (Å²) in [6, 6.07) is 10.1. The van der Waals surface area contributed by atoms with Crippen molar-refractivity contribution in [3.63, 3.8) is 0 Å². The van der Waals surface area contributed by atoms with Crippen LogP contribution in [0.1, 0.15) is 26.5 Å². The molecule has 21 heavy (non-hydrogen) atoms. The van der Waals surface area contributed by atoms with E-state index in [1.54, 1.807) is 0 Å². The molecule has 1 amide bonds. The Balaban J connectivity index is 1.74. The Morgan fingerprint density at radius 2 is 2.00 bits per heavy atom. The third-order valence-corrected chi connectivity index (χ3v) is 4.69. The summed E-state index contributed by atoms with van der Waals surface area (Å²) in [5.74, 6) is -0.0313. The Labute approximate surface area is 127 Å². The van der Waals surface area contributed by atoms with E-state index >= 15 is 0 Å². The van der Waals surface area contributed by atoms with Crippen molar-refractivity contribution in [3.05, 3.63) is 52.0 Å². The van der Waals surface area contributed by atoms with Crippen LogP contribution in [0.25, 0.3) is 10.2 Å². The second-order valence-electron chi connectivity index (χ2n) is 5.21. The first kappa shape index (κ1) is 13.8. The van der Waals surface area contributed by atoms with Gasteiger partial charge in [0.05, 0.1) is 10.6 Å². The van der Waals surface area contributed by atoms with E-state index in [1.165, 1.54) is 16.9 Å². The van der Waals surface area contributed by atoms with Gasteiger partial charge in [-0.15, -0.1) is 11.3 Å². The average molecular weight is 299 g/mol. The first-order valence-electron chi connectivity index (χ1n) is 6.81. The summed E-state index contributed by atoms with van der Waals surface area (Å²) < 4.78 is 1.83. The lowest BCUT2D eigenvalue weighted by Gasteiger charge is -2.04. The number of aromatic nitrogens is 2. The SMILES string of the molecule is Cc1ccc(CNC(=O)c2cc3c(C)nn(C)c3s2)cc1. The molecule has 0 aliphatic carbocycles. The summed E-state index contributed by atoms with van der Waals surface area (Å²) in [6.07, 6.45) is 0. The Morgan fingerprint density at radius 3 is 2.67 bits per heavy atom. The highest BCUT2D eigenvalue weighted by Crippen LogP contribution is 2.27. The lowest BCUT2D eigenvalue weighted by atomic mass is 10.1. The van der Waals surface area contributed by atoms with E-state index in [9.17, 15) is 4.79 Å². The van der Waals surface area contributed by atoms with Gasteiger partial charge in [0.1, 0.15) is 4.83 Å². The van der Waals surface area contributed by atoms with E-state index in [2.05, 4.69) is 29.5 Å². The summed E-state index contributed by atoms with van der Waals surface area (Å²) in [7, 11) is 1.90. The number of amides is 1. The number of rotatable bonds is 3. The molecule has 5 heteroatoms. The Hall–Kier alpha value is -2.14. The number of carbonyl (C=O) groups is 1. The molecule has 0 saturated heterocycles. The third-order valence-electron chi connectivity index (χ3n) is 3.49. The zero-order valence-corrected chi connectivity index (χ0v) is 13.1. The first-order chi connectivity index (χ1) is 10.0. The molecule has 0 bridgehead atoms. The first-order valence-corrected chi connectivity index (χ1v) is 7.63. The van der Waals surface area contributed by atoms with E-state index in [-0.39, 0.29) is 5.91 Å². The van der Waals surface area contributed by atoms with Crippen LogP contribution in [-0.2, 0) is 13.6 Å². The molecule has 2 heterocycles. The zero-order chi connectivity index (χ0) is 15.0. The Bertz CT molecular complexity index is 764. The Kier molecular flexibility index (Phi) is 3.51. The lowest BCUT2D eigenvalue weighted by Crippen LogP contribution is -2.21. The molecule has 1 N–H and O–H groups in total. The predicted molar refractivity (Wildman–Crippen MR) is 85.7 cm³/mol. The number of aryl methyl sites for hydroxylation is 3. The van der Waals surface area contributed by atoms with E-state index in [0.717, 1.165) is 26.4 Å². The maximum Gasteiger partial charge on any atom is 0.261 e. The highest BCUT2D eigenvalue weighted by atomic mass is 32.1. The van der Waals surface area contributed by atoms with Crippen LogP contribution in [0.3, 0.4) is 0 Å². The molecule has 0 fully saturated rings. The topological polar surface area (TPSA) is 46.9 Å². The number of thiophene rings is 1. The smallest absolute Gasteiger partial charge is 0.261 e. The van der Waals surface area contributed by atoms with Crippen molar-refractivity contribution >= 4 is 27.5 Å². The molecule has 0 radical (unpaired) electrons. The molecular weight excluding hydrogens is 282 g/mol. The minimum atomic E-state index is -0.0313. The molecule has 108 valence electrons. The van der Waals surface area contributed by atoms with Gasteiger partial charge in [-0.1, -0.05) is 29.8 Å². The molecule has 3 aromatic rings. The van der Waals surface area contributed by atoms with Crippen molar-refractivity contribution < 1.29 is 4.79 Å². The molecule has 0 unspecified atom stereocenters. The predicted octanol–water partition coefficient (Wildman–Crippen LogP) is 3.18.